The molecule has 0 amide bonds. The molecule has 0 bridgehead atoms. The van der Waals surface area contributed by atoms with Crippen LogP contribution in [0.5, 0.6) is 0 Å². The predicted molar refractivity (Wildman–Crippen MR) is 81.8 cm³/mol. The zero-order valence-electron chi connectivity index (χ0n) is 13.0. The first-order valence-corrected chi connectivity index (χ1v) is 7.68. The molecule has 1 aromatic carbocycles. The van der Waals surface area contributed by atoms with Crippen LogP contribution in [0.4, 0.5) is 10.1 Å². The maximum Gasteiger partial charge on any atom is 0.331 e. The van der Waals surface area contributed by atoms with Gasteiger partial charge in [0.05, 0.1) is 6.61 Å². The number of anilines is 1. The molecule has 0 unspecified atom stereocenters. The third-order valence-corrected chi connectivity index (χ3v) is 4.22. The lowest BCUT2D eigenvalue weighted by molar-refractivity contribution is -0.150. The molecule has 116 valence electrons. The lowest BCUT2D eigenvalue weighted by Gasteiger charge is -2.38. The summed E-state index contributed by atoms with van der Waals surface area (Å²) >= 11 is 0. The smallest absolute Gasteiger partial charge is 0.331 e. The van der Waals surface area contributed by atoms with E-state index >= 15 is 0 Å². The Bertz CT molecular complexity index is 487. The Kier molecular flexibility index (Phi) is 4.86. The molecule has 21 heavy (non-hydrogen) atoms. The van der Waals surface area contributed by atoms with Gasteiger partial charge in [-0.3, -0.25) is 0 Å². The average Bonchev–Trinajstić information content (AvgIpc) is 2.41. The summed E-state index contributed by atoms with van der Waals surface area (Å²) in [4.78, 5) is 12.4. The normalized spacial score (nSPS) is 25.4. The van der Waals surface area contributed by atoms with Gasteiger partial charge in [0.25, 0.3) is 0 Å². The van der Waals surface area contributed by atoms with Crippen LogP contribution in [0, 0.1) is 18.7 Å². The highest BCUT2D eigenvalue weighted by atomic mass is 19.1. The fraction of sp³-hybridized carbons (Fsp3) is 0.588. The van der Waals surface area contributed by atoms with Crippen molar-refractivity contribution in [2.24, 2.45) is 5.92 Å². The first-order valence-electron chi connectivity index (χ1n) is 7.68. The van der Waals surface area contributed by atoms with Crippen molar-refractivity contribution in [3.8, 4) is 0 Å². The zero-order valence-corrected chi connectivity index (χ0v) is 13.0. The van der Waals surface area contributed by atoms with Crippen LogP contribution < -0.4 is 5.32 Å². The fourth-order valence-electron chi connectivity index (χ4n) is 2.99. The van der Waals surface area contributed by atoms with Crippen molar-refractivity contribution >= 4 is 11.7 Å². The summed E-state index contributed by atoms with van der Waals surface area (Å²) in [5.41, 5.74) is 0.763. The number of benzene rings is 1. The largest absolute Gasteiger partial charge is 0.464 e. The number of hydrogen-bond acceptors (Lipinski definition) is 3. The van der Waals surface area contributed by atoms with E-state index < -0.39 is 5.54 Å². The van der Waals surface area contributed by atoms with Gasteiger partial charge in [-0.15, -0.1) is 0 Å². The minimum Gasteiger partial charge on any atom is -0.464 e. The molecule has 2 rings (SSSR count). The van der Waals surface area contributed by atoms with Gasteiger partial charge >= 0.3 is 5.97 Å². The highest BCUT2D eigenvalue weighted by Crippen LogP contribution is 2.36. The lowest BCUT2D eigenvalue weighted by atomic mass is 9.77. The number of esters is 1. The Labute approximate surface area is 125 Å². The van der Waals surface area contributed by atoms with Gasteiger partial charge in [0.2, 0.25) is 0 Å². The quantitative estimate of drug-likeness (QED) is 0.851. The summed E-state index contributed by atoms with van der Waals surface area (Å²) < 4.78 is 18.8. The van der Waals surface area contributed by atoms with Gasteiger partial charge in [-0.1, -0.05) is 6.92 Å². The second-order valence-corrected chi connectivity index (χ2v) is 6.13. The SMILES string of the molecule is CCOC(=O)C1(Nc2cc(C)cc(F)c2)CCC(C)CC1. The molecule has 0 aliphatic heterocycles. The molecule has 1 aliphatic carbocycles. The third kappa shape index (κ3) is 3.74. The summed E-state index contributed by atoms with van der Waals surface area (Å²) in [5, 5.41) is 3.27. The van der Waals surface area contributed by atoms with Gasteiger partial charge in [-0.25, -0.2) is 9.18 Å². The van der Waals surface area contributed by atoms with Crippen LogP contribution in [0.2, 0.25) is 0 Å². The zero-order chi connectivity index (χ0) is 15.5. The first-order chi connectivity index (χ1) is 9.95. The molecule has 0 atom stereocenters. The van der Waals surface area contributed by atoms with Crippen molar-refractivity contribution in [3.63, 3.8) is 0 Å². The van der Waals surface area contributed by atoms with E-state index in [9.17, 15) is 9.18 Å². The van der Waals surface area contributed by atoms with Gasteiger partial charge in [-0.2, -0.15) is 0 Å². The number of hydrogen-bond donors (Lipinski definition) is 1. The minimum absolute atomic E-state index is 0.223. The molecule has 1 aliphatic rings. The summed E-state index contributed by atoms with van der Waals surface area (Å²) in [6, 6.07) is 4.78. The summed E-state index contributed by atoms with van der Waals surface area (Å²) in [5.74, 6) is 0.100. The van der Waals surface area contributed by atoms with Crippen LogP contribution >= 0.6 is 0 Å². The van der Waals surface area contributed by atoms with Gasteiger partial charge in [0.1, 0.15) is 11.4 Å². The van der Waals surface area contributed by atoms with Crippen LogP contribution in [-0.2, 0) is 9.53 Å². The molecule has 3 nitrogen and oxygen atoms in total. The standard InChI is InChI=1S/C17H24FNO2/c1-4-21-16(20)17(7-5-12(2)6-8-17)19-15-10-13(3)9-14(18)11-15/h9-12,19H,4-8H2,1-3H3. The molecular weight excluding hydrogens is 269 g/mol. The Morgan fingerprint density at radius 2 is 2.05 bits per heavy atom. The van der Waals surface area contributed by atoms with E-state index in [2.05, 4.69) is 12.2 Å². The van der Waals surface area contributed by atoms with Crippen LogP contribution in [0.25, 0.3) is 0 Å². The molecule has 0 heterocycles. The lowest BCUT2D eigenvalue weighted by Crippen LogP contribution is -2.50. The van der Waals surface area contributed by atoms with E-state index in [1.165, 1.54) is 12.1 Å². The predicted octanol–water partition coefficient (Wildman–Crippen LogP) is 4.06. The van der Waals surface area contributed by atoms with Crippen molar-refractivity contribution in [1.29, 1.82) is 0 Å². The number of halogens is 1. The van der Waals surface area contributed by atoms with Gasteiger partial charge in [0.15, 0.2) is 0 Å². The van der Waals surface area contributed by atoms with Crippen molar-refractivity contribution < 1.29 is 13.9 Å². The van der Waals surface area contributed by atoms with Crippen LogP contribution in [0.3, 0.4) is 0 Å². The first kappa shape index (κ1) is 15.8. The number of nitrogens with one attached hydrogen (secondary N) is 1. The second-order valence-electron chi connectivity index (χ2n) is 6.13. The molecular formula is C17H24FNO2. The van der Waals surface area contributed by atoms with E-state index in [1.807, 2.05) is 19.9 Å². The molecule has 0 spiro atoms. The molecule has 1 saturated carbocycles. The van der Waals surface area contributed by atoms with Crippen molar-refractivity contribution in [1.82, 2.24) is 0 Å². The molecule has 0 radical (unpaired) electrons. The van der Waals surface area contributed by atoms with Gasteiger partial charge in [-0.05, 0) is 69.2 Å². The average molecular weight is 293 g/mol. The highest BCUT2D eigenvalue weighted by Gasteiger charge is 2.42. The van der Waals surface area contributed by atoms with E-state index in [1.54, 1.807) is 0 Å². The Morgan fingerprint density at radius 3 is 2.62 bits per heavy atom. The number of carbonyl (C=O) groups is 1. The molecule has 0 aromatic heterocycles. The van der Waals surface area contributed by atoms with Crippen LogP contribution in [-0.4, -0.2) is 18.1 Å². The molecule has 1 fully saturated rings. The van der Waals surface area contributed by atoms with Crippen LogP contribution in [0.1, 0.15) is 45.1 Å². The maximum atomic E-state index is 13.6. The topological polar surface area (TPSA) is 38.3 Å². The van der Waals surface area contributed by atoms with E-state index in [0.29, 0.717) is 18.2 Å². The third-order valence-electron chi connectivity index (χ3n) is 4.22. The molecule has 1 N–H and O–H groups in total. The number of carbonyl (C=O) groups excluding carboxylic acids is 1. The van der Waals surface area contributed by atoms with Gasteiger partial charge in [0, 0.05) is 5.69 Å². The maximum absolute atomic E-state index is 13.6. The molecule has 1 aromatic rings. The number of ether oxygens (including phenoxy) is 1. The Balaban J connectivity index is 2.25. The van der Waals surface area contributed by atoms with Crippen LogP contribution in [0.15, 0.2) is 18.2 Å². The summed E-state index contributed by atoms with van der Waals surface area (Å²) in [6.45, 7) is 6.21. The van der Waals surface area contributed by atoms with E-state index in [-0.39, 0.29) is 11.8 Å². The second kappa shape index (κ2) is 6.46. The Morgan fingerprint density at radius 1 is 1.38 bits per heavy atom. The van der Waals surface area contributed by atoms with Crippen molar-refractivity contribution in [2.45, 2.75) is 52.0 Å². The van der Waals surface area contributed by atoms with Crippen molar-refractivity contribution in [3.05, 3.63) is 29.6 Å². The van der Waals surface area contributed by atoms with E-state index in [4.69, 9.17) is 4.74 Å². The fourth-order valence-corrected chi connectivity index (χ4v) is 2.99. The molecule has 0 saturated heterocycles. The highest BCUT2D eigenvalue weighted by molar-refractivity contribution is 5.84. The van der Waals surface area contributed by atoms with E-state index in [0.717, 1.165) is 31.2 Å². The summed E-state index contributed by atoms with van der Waals surface area (Å²) in [7, 11) is 0. The van der Waals surface area contributed by atoms with Crippen molar-refractivity contribution in [2.75, 3.05) is 11.9 Å². The minimum atomic E-state index is -0.719. The van der Waals surface area contributed by atoms with Gasteiger partial charge < -0.3 is 10.1 Å². The molecule has 4 heteroatoms. The monoisotopic (exact) mass is 293 g/mol. The summed E-state index contributed by atoms with van der Waals surface area (Å²) in [6.07, 6.45) is 3.39. The number of rotatable bonds is 4. The number of aryl methyl sites for hydroxylation is 1. The Hall–Kier alpha value is -1.58.